The normalized spacial score (nSPS) is 9.65. The Morgan fingerprint density at radius 2 is 2.00 bits per heavy atom. The number of carbonyl (C=O) groups is 3. The van der Waals surface area contributed by atoms with Crippen molar-refractivity contribution in [1.29, 1.82) is 0 Å². The quantitative estimate of drug-likeness (QED) is 0.591. The first-order chi connectivity index (χ1) is 9.43. The summed E-state index contributed by atoms with van der Waals surface area (Å²) >= 11 is 0. The summed E-state index contributed by atoms with van der Waals surface area (Å²) in [6.07, 6.45) is 0.0348. The molecule has 1 aromatic rings. The van der Waals surface area contributed by atoms with E-state index >= 15 is 0 Å². The Morgan fingerprint density at radius 3 is 2.55 bits per heavy atom. The Balaban J connectivity index is 2.52. The summed E-state index contributed by atoms with van der Waals surface area (Å²) in [6, 6.07) is 3.03. The first kappa shape index (κ1) is 15.3. The van der Waals surface area contributed by atoms with Gasteiger partial charge in [-0.05, 0) is 12.1 Å². The molecule has 2 amide bonds. The van der Waals surface area contributed by atoms with Crippen molar-refractivity contribution < 1.29 is 29.3 Å². The van der Waals surface area contributed by atoms with Gasteiger partial charge in [-0.3, -0.25) is 4.79 Å². The minimum Gasteiger partial charge on any atom is -0.507 e. The molecule has 108 valence electrons. The van der Waals surface area contributed by atoms with Gasteiger partial charge in [-0.25, -0.2) is 9.59 Å². The van der Waals surface area contributed by atoms with Crippen LogP contribution in [0, 0.1) is 0 Å². The molecular formula is C12H14N2O6. The van der Waals surface area contributed by atoms with E-state index in [0.717, 1.165) is 6.07 Å². The summed E-state index contributed by atoms with van der Waals surface area (Å²) in [5, 5.41) is 23.0. The highest BCUT2D eigenvalue weighted by Crippen LogP contribution is 2.21. The van der Waals surface area contributed by atoms with Crippen LogP contribution in [-0.2, 0) is 9.53 Å². The van der Waals surface area contributed by atoms with Gasteiger partial charge in [-0.15, -0.1) is 0 Å². The van der Waals surface area contributed by atoms with Crippen LogP contribution in [0.2, 0.25) is 0 Å². The molecule has 0 aliphatic carbocycles. The van der Waals surface area contributed by atoms with Crippen molar-refractivity contribution in [3.63, 3.8) is 0 Å². The molecular weight excluding hydrogens is 268 g/mol. The molecule has 0 radical (unpaired) electrons. The van der Waals surface area contributed by atoms with E-state index in [9.17, 15) is 19.5 Å². The number of hydrogen-bond acceptors (Lipinski definition) is 5. The Hall–Kier alpha value is -2.77. The number of amides is 2. The maximum atomic E-state index is 11.4. The zero-order valence-electron chi connectivity index (χ0n) is 10.7. The molecule has 0 saturated heterocycles. The summed E-state index contributed by atoms with van der Waals surface area (Å²) in [6.45, 7) is 0.0949. The maximum absolute atomic E-state index is 11.4. The number of esters is 1. The topological polar surface area (TPSA) is 125 Å². The van der Waals surface area contributed by atoms with Gasteiger partial charge in [-0.1, -0.05) is 0 Å². The van der Waals surface area contributed by atoms with Crippen LogP contribution in [0.1, 0.15) is 16.8 Å². The number of nitrogens with one attached hydrogen (secondary N) is 2. The second kappa shape index (κ2) is 6.98. The minimum atomic E-state index is -1.27. The highest BCUT2D eigenvalue weighted by Gasteiger charge is 2.11. The monoisotopic (exact) mass is 282 g/mol. The standard InChI is InChI=1S/C12H14N2O6/c1-20-10(16)4-5-13-12(19)14-7-2-3-8(11(17)18)9(15)6-7/h2-3,6,15H,4-5H2,1H3,(H,17,18)(H2,13,14,19). The molecule has 0 unspecified atom stereocenters. The second-order valence-electron chi connectivity index (χ2n) is 3.74. The van der Waals surface area contributed by atoms with Gasteiger partial charge in [0.2, 0.25) is 0 Å². The molecule has 1 aromatic carbocycles. The van der Waals surface area contributed by atoms with Crippen LogP contribution in [-0.4, -0.2) is 41.8 Å². The van der Waals surface area contributed by atoms with Gasteiger partial charge in [0.15, 0.2) is 0 Å². The molecule has 0 fully saturated rings. The number of carbonyl (C=O) groups excluding carboxylic acids is 2. The van der Waals surface area contributed by atoms with Gasteiger partial charge in [0.25, 0.3) is 0 Å². The van der Waals surface area contributed by atoms with Gasteiger partial charge < -0.3 is 25.6 Å². The number of methoxy groups -OCH3 is 1. The van der Waals surface area contributed by atoms with Gasteiger partial charge >= 0.3 is 18.0 Å². The van der Waals surface area contributed by atoms with Crippen LogP contribution in [0.5, 0.6) is 5.75 Å². The number of carboxylic acids is 1. The lowest BCUT2D eigenvalue weighted by Gasteiger charge is -2.08. The van der Waals surface area contributed by atoms with Crippen molar-refractivity contribution >= 4 is 23.7 Å². The number of phenols is 1. The van der Waals surface area contributed by atoms with Crippen LogP contribution in [0.15, 0.2) is 18.2 Å². The number of hydrogen-bond donors (Lipinski definition) is 4. The third kappa shape index (κ3) is 4.48. The van der Waals surface area contributed by atoms with Crippen molar-refractivity contribution in [1.82, 2.24) is 5.32 Å². The lowest BCUT2D eigenvalue weighted by molar-refractivity contribution is -0.140. The zero-order chi connectivity index (χ0) is 15.1. The van der Waals surface area contributed by atoms with E-state index in [1.807, 2.05) is 0 Å². The van der Waals surface area contributed by atoms with E-state index < -0.39 is 23.7 Å². The molecule has 0 aliphatic heterocycles. The molecule has 8 nitrogen and oxygen atoms in total. The van der Waals surface area contributed by atoms with E-state index in [-0.39, 0.29) is 24.2 Å². The van der Waals surface area contributed by atoms with E-state index in [2.05, 4.69) is 15.4 Å². The minimum absolute atomic E-state index is 0.0348. The maximum Gasteiger partial charge on any atom is 0.339 e. The molecule has 4 N–H and O–H groups in total. The first-order valence-corrected chi connectivity index (χ1v) is 5.62. The van der Waals surface area contributed by atoms with Gasteiger partial charge in [0.05, 0.1) is 13.5 Å². The molecule has 0 spiro atoms. The lowest BCUT2D eigenvalue weighted by Crippen LogP contribution is -2.30. The van der Waals surface area contributed by atoms with E-state index in [4.69, 9.17) is 5.11 Å². The number of urea groups is 1. The summed E-state index contributed by atoms with van der Waals surface area (Å²) in [7, 11) is 1.25. The molecule has 20 heavy (non-hydrogen) atoms. The number of ether oxygens (including phenoxy) is 1. The third-order valence-corrected chi connectivity index (χ3v) is 2.33. The van der Waals surface area contributed by atoms with Crippen LogP contribution in [0.25, 0.3) is 0 Å². The SMILES string of the molecule is COC(=O)CCNC(=O)Nc1ccc(C(=O)O)c(O)c1. The number of rotatable bonds is 5. The molecule has 1 rings (SSSR count). The number of anilines is 1. The van der Waals surface area contributed by atoms with Crippen LogP contribution in [0.4, 0.5) is 10.5 Å². The van der Waals surface area contributed by atoms with Crippen LogP contribution in [0.3, 0.4) is 0 Å². The Labute approximate surface area is 114 Å². The Morgan fingerprint density at radius 1 is 1.30 bits per heavy atom. The van der Waals surface area contributed by atoms with Crippen molar-refractivity contribution in [2.45, 2.75) is 6.42 Å². The molecule has 0 saturated carbocycles. The predicted molar refractivity (Wildman–Crippen MR) is 68.7 cm³/mol. The van der Waals surface area contributed by atoms with Gasteiger partial charge in [0, 0.05) is 18.3 Å². The number of aromatic carboxylic acids is 1. The zero-order valence-corrected chi connectivity index (χ0v) is 10.7. The fourth-order valence-electron chi connectivity index (χ4n) is 1.35. The first-order valence-electron chi connectivity index (χ1n) is 5.62. The molecule has 0 heterocycles. The van der Waals surface area contributed by atoms with Gasteiger partial charge in [0.1, 0.15) is 11.3 Å². The van der Waals surface area contributed by atoms with Crippen molar-refractivity contribution in [3.8, 4) is 5.75 Å². The van der Waals surface area contributed by atoms with Crippen LogP contribution >= 0.6 is 0 Å². The van der Waals surface area contributed by atoms with Crippen molar-refractivity contribution in [2.24, 2.45) is 0 Å². The average molecular weight is 282 g/mol. The number of benzene rings is 1. The van der Waals surface area contributed by atoms with E-state index in [0.29, 0.717) is 0 Å². The third-order valence-electron chi connectivity index (χ3n) is 2.33. The largest absolute Gasteiger partial charge is 0.507 e. The number of carboxylic acid groups (broad SMARTS) is 1. The van der Waals surface area contributed by atoms with Crippen molar-refractivity contribution in [3.05, 3.63) is 23.8 Å². The molecule has 0 aromatic heterocycles. The molecule has 0 bridgehead atoms. The Kier molecular flexibility index (Phi) is 5.33. The van der Waals surface area contributed by atoms with E-state index in [1.54, 1.807) is 0 Å². The highest BCUT2D eigenvalue weighted by molar-refractivity contribution is 5.94. The average Bonchev–Trinajstić information content (AvgIpc) is 2.38. The number of aromatic hydroxyl groups is 1. The summed E-state index contributed by atoms with van der Waals surface area (Å²) in [5.41, 5.74) is -0.0373. The molecule has 0 atom stereocenters. The lowest BCUT2D eigenvalue weighted by atomic mass is 10.2. The molecule has 0 aliphatic rings. The fourth-order valence-corrected chi connectivity index (χ4v) is 1.35. The summed E-state index contributed by atoms with van der Waals surface area (Å²) in [5.74, 6) is -2.17. The Bertz CT molecular complexity index is 529. The predicted octanol–water partition coefficient (Wildman–Crippen LogP) is 0.775. The second-order valence-corrected chi connectivity index (χ2v) is 3.74. The summed E-state index contributed by atoms with van der Waals surface area (Å²) < 4.78 is 4.40. The van der Waals surface area contributed by atoms with Crippen LogP contribution < -0.4 is 10.6 Å². The van der Waals surface area contributed by atoms with Gasteiger partial charge in [-0.2, -0.15) is 0 Å². The fraction of sp³-hybridized carbons (Fsp3) is 0.250. The van der Waals surface area contributed by atoms with E-state index in [1.165, 1.54) is 19.2 Å². The summed E-state index contributed by atoms with van der Waals surface area (Å²) in [4.78, 5) is 32.9. The smallest absolute Gasteiger partial charge is 0.339 e. The molecule has 8 heteroatoms. The highest BCUT2D eigenvalue weighted by atomic mass is 16.5. The van der Waals surface area contributed by atoms with Crippen molar-refractivity contribution in [2.75, 3.05) is 19.0 Å².